The molecule has 0 unspecified atom stereocenters. The zero-order valence-corrected chi connectivity index (χ0v) is 17.7. The number of carbonyl (C=O) groups is 2. The molecule has 0 heterocycles. The Hall–Kier alpha value is -3.53. The molecule has 0 aliphatic heterocycles. The Morgan fingerprint density at radius 1 is 1.10 bits per heavy atom. The molecule has 0 aliphatic rings. The monoisotopic (exact) mass is 434 g/mol. The van der Waals surface area contributed by atoms with Gasteiger partial charge in [-0.3, -0.25) is 9.52 Å². The molecule has 160 valence electrons. The number of carboxylic acid groups (broad SMARTS) is 1. The predicted molar refractivity (Wildman–Crippen MR) is 111 cm³/mol. The van der Waals surface area contributed by atoms with E-state index in [1.807, 2.05) is 0 Å². The first kappa shape index (κ1) is 22.8. The molecule has 0 fully saturated rings. The van der Waals surface area contributed by atoms with E-state index in [0.29, 0.717) is 5.56 Å². The Bertz CT molecular complexity index is 1090. The zero-order valence-electron chi connectivity index (χ0n) is 16.9. The number of ether oxygens (including phenoxy) is 2. The van der Waals surface area contributed by atoms with Crippen molar-refractivity contribution < 1.29 is 32.6 Å². The fourth-order valence-electron chi connectivity index (χ4n) is 2.60. The lowest BCUT2D eigenvalue weighted by Crippen LogP contribution is -2.22. The van der Waals surface area contributed by atoms with Gasteiger partial charge in [0.1, 0.15) is 4.90 Å². The molecule has 0 aliphatic carbocycles. The number of hydrogen-bond acceptors (Lipinski definition) is 6. The third-order valence-electron chi connectivity index (χ3n) is 3.94. The minimum atomic E-state index is -4.17. The number of carbonyl (C=O) groups excluding carboxylic acids is 1. The summed E-state index contributed by atoms with van der Waals surface area (Å²) in [6.07, 6.45) is 2.11. The van der Waals surface area contributed by atoms with Crippen molar-refractivity contribution in [1.82, 2.24) is 4.90 Å². The van der Waals surface area contributed by atoms with Crippen molar-refractivity contribution in [2.75, 3.05) is 33.0 Å². The summed E-state index contributed by atoms with van der Waals surface area (Å²) in [7, 11) is 1.63. The second-order valence-corrected chi connectivity index (χ2v) is 7.96. The van der Waals surface area contributed by atoms with Crippen molar-refractivity contribution in [1.29, 1.82) is 0 Å². The van der Waals surface area contributed by atoms with E-state index in [9.17, 15) is 18.0 Å². The van der Waals surface area contributed by atoms with E-state index in [0.717, 1.165) is 6.08 Å². The van der Waals surface area contributed by atoms with Crippen LogP contribution in [0.15, 0.2) is 47.4 Å². The molecule has 2 aromatic rings. The third kappa shape index (κ3) is 5.29. The van der Waals surface area contributed by atoms with Crippen LogP contribution in [0.3, 0.4) is 0 Å². The molecule has 30 heavy (non-hydrogen) atoms. The SMILES string of the molecule is COc1cc(C=CC(=O)O)cc(S(=O)(=O)Nc2cccc(C(=O)N(C)C)c2)c1OC. The standard InChI is InChI=1S/C20H22N2O7S/c1-22(2)20(25)14-6-5-7-15(12-14)21-30(26,27)17-11-13(8-9-18(23)24)10-16(28-3)19(17)29-4/h5-12,21H,1-4H3,(H,23,24). The van der Waals surface area contributed by atoms with Crippen LogP contribution in [0.5, 0.6) is 11.5 Å². The normalized spacial score (nSPS) is 11.2. The summed E-state index contributed by atoms with van der Waals surface area (Å²) in [4.78, 5) is 24.1. The summed E-state index contributed by atoms with van der Waals surface area (Å²) in [5.41, 5.74) is 0.769. The first-order chi connectivity index (χ1) is 14.1. The number of benzene rings is 2. The second kappa shape index (κ2) is 9.31. The number of aliphatic carboxylic acids is 1. The summed E-state index contributed by atoms with van der Waals surface area (Å²) >= 11 is 0. The average Bonchev–Trinajstić information content (AvgIpc) is 2.70. The highest BCUT2D eigenvalue weighted by atomic mass is 32.2. The second-order valence-electron chi connectivity index (χ2n) is 6.31. The van der Waals surface area contributed by atoms with E-state index in [1.54, 1.807) is 26.2 Å². The van der Waals surface area contributed by atoms with Crippen molar-refractivity contribution in [3.63, 3.8) is 0 Å². The van der Waals surface area contributed by atoms with Gasteiger partial charge in [0.05, 0.1) is 14.2 Å². The topological polar surface area (TPSA) is 122 Å². The highest BCUT2D eigenvalue weighted by Gasteiger charge is 2.24. The number of rotatable bonds is 8. The number of hydrogen-bond donors (Lipinski definition) is 2. The molecule has 0 spiro atoms. The first-order valence-electron chi connectivity index (χ1n) is 8.60. The number of nitrogens with one attached hydrogen (secondary N) is 1. The highest BCUT2D eigenvalue weighted by Crippen LogP contribution is 2.37. The van der Waals surface area contributed by atoms with E-state index >= 15 is 0 Å². The van der Waals surface area contributed by atoms with Crippen LogP contribution in [-0.2, 0) is 14.8 Å². The molecule has 1 amide bonds. The lowest BCUT2D eigenvalue weighted by Gasteiger charge is -2.16. The Kier molecular flexibility index (Phi) is 7.06. The molecule has 0 saturated carbocycles. The maximum atomic E-state index is 13.1. The van der Waals surface area contributed by atoms with Gasteiger partial charge in [-0.1, -0.05) is 6.07 Å². The minimum Gasteiger partial charge on any atom is -0.493 e. The predicted octanol–water partition coefficient (Wildman–Crippen LogP) is 2.30. The van der Waals surface area contributed by atoms with Gasteiger partial charge >= 0.3 is 5.97 Å². The van der Waals surface area contributed by atoms with Crippen LogP contribution in [0.25, 0.3) is 6.08 Å². The van der Waals surface area contributed by atoms with Crippen LogP contribution in [0.4, 0.5) is 5.69 Å². The molecular weight excluding hydrogens is 412 g/mol. The maximum absolute atomic E-state index is 13.1. The van der Waals surface area contributed by atoms with E-state index in [4.69, 9.17) is 14.6 Å². The van der Waals surface area contributed by atoms with Crippen LogP contribution in [-0.4, -0.2) is 58.6 Å². The molecular formula is C20H22N2O7S. The summed E-state index contributed by atoms with van der Waals surface area (Å²) in [6, 6.07) is 8.75. The van der Waals surface area contributed by atoms with Gasteiger partial charge in [-0.05, 0) is 42.0 Å². The van der Waals surface area contributed by atoms with Gasteiger partial charge in [0.25, 0.3) is 15.9 Å². The molecule has 9 nitrogen and oxygen atoms in total. The summed E-state index contributed by atoms with van der Waals surface area (Å²) in [6.45, 7) is 0. The number of nitrogens with zero attached hydrogens (tertiary/aromatic N) is 1. The molecule has 2 N–H and O–H groups in total. The molecule has 2 rings (SSSR count). The summed E-state index contributed by atoms with van der Waals surface area (Å²) in [5, 5.41) is 8.83. The fourth-order valence-corrected chi connectivity index (χ4v) is 3.86. The van der Waals surface area contributed by atoms with Crippen LogP contribution >= 0.6 is 0 Å². The Morgan fingerprint density at radius 2 is 1.80 bits per heavy atom. The van der Waals surface area contributed by atoms with Crippen LogP contribution < -0.4 is 14.2 Å². The Labute approximate surface area is 174 Å². The minimum absolute atomic E-state index is 0.0435. The lowest BCUT2D eigenvalue weighted by atomic mass is 10.2. The van der Waals surface area contributed by atoms with E-state index in [2.05, 4.69) is 4.72 Å². The Balaban J connectivity index is 2.53. The molecule has 0 aromatic heterocycles. The van der Waals surface area contributed by atoms with Crippen molar-refractivity contribution in [2.45, 2.75) is 4.90 Å². The third-order valence-corrected chi connectivity index (χ3v) is 5.33. The smallest absolute Gasteiger partial charge is 0.328 e. The lowest BCUT2D eigenvalue weighted by molar-refractivity contribution is -0.131. The van der Waals surface area contributed by atoms with Crippen LogP contribution in [0, 0.1) is 0 Å². The molecule has 10 heteroatoms. The average molecular weight is 434 g/mol. The highest BCUT2D eigenvalue weighted by molar-refractivity contribution is 7.92. The van der Waals surface area contributed by atoms with E-state index < -0.39 is 16.0 Å². The number of sulfonamides is 1. The van der Waals surface area contributed by atoms with Gasteiger partial charge in [-0.2, -0.15) is 0 Å². The van der Waals surface area contributed by atoms with Crippen molar-refractivity contribution in [2.24, 2.45) is 0 Å². The number of methoxy groups -OCH3 is 2. The molecule has 0 radical (unpaired) electrons. The molecule has 2 aromatic carbocycles. The largest absolute Gasteiger partial charge is 0.493 e. The van der Waals surface area contributed by atoms with Crippen molar-refractivity contribution in [3.05, 3.63) is 53.6 Å². The number of anilines is 1. The van der Waals surface area contributed by atoms with E-state index in [1.165, 1.54) is 49.5 Å². The number of carboxylic acids is 1. The van der Waals surface area contributed by atoms with Gasteiger partial charge < -0.3 is 19.5 Å². The summed E-state index contributed by atoms with van der Waals surface area (Å²) in [5.74, 6) is -1.40. The first-order valence-corrected chi connectivity index (χ1v) is 10.1. The maximum Gasteiger partial charge on any atom is 0.328 e. The van der Waals surface area contributed by atoms with Crippen molar-refractivity contribution in [3.8, 4) is 11.5 Å². The van der Waals surface area contributed by atoms with Gasteiger partial charge in [0.2, 0.25) is 0 Å². The summed E-state index contributed by atoms with van der Waals surface area (Å²) < 4.78 is 39.0. The number of amides is 1. The van der Waals surface area contributed by atoms with Gasteiger partial charge in [0.15, 0.2) is 11.5 Å². The van der Waals surface area contributed by atoms with Crippen LogP contribution in [0.2, 0.25) is 0 Å². The molecule has 0 bridgehead atoms. The van der Waals surface area contributed by atoms with Gasteiger partial charge in [-0.15, -0.1) is 0 Å². The van der Waals surface area contributed by atoms with Crippen LogP contribution in [0.1, 0.15) is 15.9 Å². The van der Waals surface area contributed by atoms with Crippen molar-refractivity contribution >= 4 is 33.7 Å². The zero-order chi connectivity index (χ0) is 22.5. The quantitative estimate of drug-likeness (QED) is 0.611. The van der Waals surface area contributed by atoms with Gasteiger partial charge in [0, 0.05) is 31.4 Å². The molecule has 0 saturated heterocycles. The molecule has 0 atom stereocenters. The van der Waals surface area contributed by atoms with E-state index in [-0.39, 0.29) is 33.6 Å². The Morgan fingerprint density at radius 3 is 2.37 bits per heavy atom. The fraction of sp³-hybridized carbons (Fsp3) is 0.200. The van der Waals surface area contributed by atoms with Gasteiger partial charge in [-0.25, -0.2) is 13.2 Å².